The summed E-state index contributed by atoms with van der Waals surface area (Å²) in [6.07, 6.45) is 0.279. The Morgan fingerprint density at radius 3 is 2.57 bits per heavy atom. The zero-order valence-electron chi connectivity index (χ0n) is 16.8. The second-order valence-corrected chi connectivity index (χ2v) is 8.45. The molecule has 0 spiro atoms. The Labute approximate surface area is 184 Å². The summed E-state index contributed by atoms with van der Waals surface area (Å²) in [7, 11) is 1.65. The maximum absolute atomic E-state index is 13.4. The van der Waals surface area contributed by atoms with E-state index in [1.54, 1.807) is 12.0 Å². The number of thiazole rings is 1. The molecule has 3 aromatic carbocycles. The molecule has 0 aliphatic heterocycles. The average Bonchev–Trinajstić information content (AvgIpc) is 3.18. The molecule has 0 aliphatic rings. The minimum Gasteiger partial charge on any atom is -0.496 e. The van der Waals surface area contributed by atoms with Gasteiger partial charge in [0, 0.05) is 0 Å². The number of halogens is 1. The van der Waals surface area contributed by atoms with Gasteiger partial charge in [-0.05, 0) is 41.8 Å². The number of amides is 1. The van der Waals surface area contributed by atoms with Crippen molar-refractivity contribution < 1.29 is 9.53 Å². The Bertz CT molecular complexity index is 1190. The number of benzene rings is 3. The summed E-state index contributed by atoms with van der Waals surface area (Å²) in [6.45, 7) is 2.43. The van der Waals surface area contributed by atoms with E-state index in [1.165, 1.54) is 11.3 Å². The molecule has 4 rings (SSSR count). The molecule has 0 fully saturated rings. The SMILES string of the molecule is COc1ccc(CC(=O)N(Cc2ccccc2)c2nc3c(Cl)cccc3s2)cc1C. The van der Waals surface area contributed by atoms with Crippen LogP contribution in [0.2, 0.25) is 5.02 Å². The van der Waals surface area contributed by atoms with E-state index in [0.717, 1.165) is 32.7 Å². The number of para-hydroxylation sites is 1. The third kappa shape index (κ3) is 4.32. The first-order valence-corrected chi connectivity index (χ1v) is 10.8. The summed E-state index contributed by atoms with van der Waals surface area (Å²) in [4.78, 5) is 19.8. The van der Waals surface area contributed by atoms with E-state index in [-0.39, 0.29) is 12.3 Å². The lowest BCUT2D eigenvalue weighted by molar-refractivity contribution is -0.118. The average molecular weight is 437 g/mol. The molecule has 0 aliphatic carbocycles. The lowest BCUT2D eigenvalue weighted by Gasteiger charge is -2.20. The van der Waals surface area contributed by atoms with Crippen LogP contribution in [0.25, 0.3) is 10.2 Å². The normalized spacial score (nSPS) is 10.9. The van der Waals surface area contributed by atoms with Crippen LogP contribution in [0.5, 0.6) is 5.75 Å². The quantitative estimate of drug-likeness (QED) is 0.370. The number of methoxy groups -OCH3 is 1. The first-order chi connectivity index (χ1) is 14.5. The molecule has 0 unspecified atom stereocenters. The first kappa shape index (κ1) is 20.4. The second-order valence-electron chi connectivity index (χ2n) is 7.03. The van der Waals surface area contributed by atoms with Crippen molar-refractivity contribution in [3.05, 3.63) is 88.4 Å². The van der Waals surface area contributed by atoms with E-state index in [2.05, 4.69) is 4.98 Å². The Kier molecular flexibility index (Phi) is 6.02. The Balaban J connectivity index is 1.68. The monoisotopic (exact) mass is 436 g/mol. The molecule has 4 nitrogen and oxygen atoms in total. The number of carbonyl (C=O) groups is 1. The third-order valence-corrected chi connectivity index (χ3v) is 6.24. The molecule has 1 aromatic heterocycles. The van der Waals surface area contributed by atoms with E-state index in [4.69, 9.17) is 16.3 Å². The molecule has 0 N–H and O–H groups in total. The van der Waals surface area contributed by atoms with Gasteiger partial charge < -0.3 is 4.74 Å². The molecule has 4 aromatic rings. The molecule has 152 valence electrons. The Hall–Kier alpha value is -2.89. The van der Waals surface area contributed by atoms with Gasteiger partial charge in [-0.2, -0.15) is 0 Å². The van der Waals surface area contributed by atoms with Crippen LogP contribution in [0.4, 0.5) is 5.13 Å². The predicted octanol–water partition coefficient (Wildman–Crippen LogP) is 6.04. The van der Waals surface area contributed by atoms with Crippen molar-refractivity contribution in [2.75, 3.05) is 12.0 Å². The maximum atomic E-state index is 13.4. The van der Waals surface area contributed by atoms with Crippen LogP contribution < -0.4 is 9.64 Å². The Morgan fingerprint density at radius 1 is 1.07 bits per heavy atom. The number of rotatable bonds is 6. The number of anilines is 1. The smallest absolute Gasteiger partial charge is 0.233 e. The van der Waals surface area contributed by atoms with E-state index in [1.807, 2.05) is 73.7 Å². The van der Waals surface area contributed by atoms with Crippen molar-refractivity contribution >= 4 is 44.2 Å². The van der Waals surface area contributed by atoms with Crippen LogP contribution in [-0.2, 0) is 17.8 Å². The van der Waals surface area contributed by atoms with Crippen molar-refractivity contribution in [3.8, 4) is 5.75 Å². The van der Waals surface area contributed by atoms with Gasteiger partial charge in [0.05, 0.1) is 29.8 Å². The van der Waals surface area contributed by atoms with E-state index in [0.29, 0.717) is 16.7 Å². The lowest BCUT2D eigenvalue weighted by atomic mass is 10.1. The van der Waals surface area contributed by atoms with Crippen LogP contribution in [0.1, 0.15) is 16.7 Å². The largest absolute Gasteiger partial charge is 0.496 e. The van der Waals surface area contributed by atoms with Gasteiger partial charge in [0.1, 0.15) is 11.3 Å². The summed E-state index contributed by atoms with van der Waals surface area (Å²) in [6, 6.07) is 21.4. The van der Waals surface area contributed by atoms with Gasteiger partial charge in [0.2, 0.25) is 5.91 Å². The van der Waals surface area contributed by atoms with Crippen LogP contribution in [0.3, 0.4) is 0 Å². The van der Waals surface area contributed by atoms with E-state index in [9.17, 15) is 4.79 Å². The molecule has 1 amide bonds. The standard InChI is InChI=1S/C24H21ClN2O2S/c1-16-13-18(11-12-20(16)29-2)14-22(28)27(15-17-7-4-3-5-8-17)24-26-23-19(25)9-6-10-21(23)30-24/h3-13H,14-15H2,1-2H3. The topological polar surface area (TPSA) is 42.4 Å². The Morgan fingerprint density at radius 2 is 1.87 bits per heavy atom. The number of nitrogens with zero attached hydrogens (tertiary/aromatic N) is 2. The van der Waals surface area contributed by atoms with Gasteiger partial charge in [0.15, 0.2) is 5.13 Å². The first-order valence-electron chi connectivity index (χ1n) is 9.58. The number of hydrogen-bond acceptors (Lipinski definition) is 4. The van der Waals surface area contributed by atoms with Crippen molar-refractivity contribution in [3.63, 3.8) is 0 Å². The van der Waals surface area contributed by atoms with Gasteiger partial charge in [-0.3, -0.25) is 9.69 Å². The fourth-order valence-corrected chi connectivity index (χ4v) is 4.65. The molecule has 6 heteroatoms. The lowest BCUT2D eigenvalue weighted by Crippen LogP contribution is -2.31. The molecule has 0 saturated heterocycles. The fraction of sp³-hybridized carbons (Fsp3) is 0.167. The summed E-state index contributed by atoms with van der Waals surface area (Å²) in [5, 5.41) is 1.24. The molecule has 0 radical (unpaired) electrons. The number of aryl methyl sites for hydroxylation is 1. The van der Waals surface area contributed by atoms with Gasteiger partial charge in [-0.25, -0.2) is 4.98 Å². The number of hydrogen-bond donors (Lipinski definition) is 0. The van der Waals surface area contributed by atoms with Gasteiger partial charge in [0.25, 0.3) is 0 Å². The minimum atomic E-state index is -0.0152. The molecule has 0 bridgehead atoms. The molecule has 0 saturated carbocycles. The molecule has 30 heavy (non-hydrogen) atoms. The summed E-state index contributed by atoms with van der Waals surface area (Å²) in [5.41, 5.74) is 3.71. The number of carbonyl (C=O) groups excluding carboxylic acids is 1. The van der Waals surface area contributed by atoms with Gasteiger partial charge in [-0.1, -0.05) is 71.5 Å². The number of ether oxygens (including phenoxy) is 1. The highest BCUT2D eigenvalue weighted by molar-refractivity contribution is 7.22. The van der Waals surface area contributed by atoms with Crippen LogP contribution >= 0.6 is 22.9 Å². The van der Waals surface area contributed by atoms with E-state index >= 15 is 0 Å². The summed E-state index contributed by atoms with van der Waals surface area (Å²) in [5.74, 6) is 0.798. The highest BCUT2D eigenvalue weighted by atomic mass is 35.5. The number of aromatic nitrogens is 1. The van der Waals surface area contributed by atoms with Crippen molar-refractivity contribution in [2.24, 2.45) is 0 Å². The third-order valence-electron chi connectivity index (χ3n) is 4.89. The predicted molar refractivity (Wildman–Crippen MR) is 124 cm³/mol. The van der Waals surface area contributed by atoms with Crippen LogP contribution in [0, 0.1) is 6.92 Å². The summed E-state index contributed by atoms with van der Waals surface area (Å²) >= 11 is 7.80. The summed E-state index contributed by atoms with van der Waals surface area (Å²) < 4.78 is 6.29. The molecule has 1 heterocycles. The highest BCUT2D eigenvalue weighted by Crippen LogP contribution is 2.34. The molecular weight excluding hydrogens is 416 g/mol. The maximum Gasteiger partial charge on any atom is 0.233 e. The fourth-order valence-electron chi connectivity index (χ4n) is 3.37. The van der Waals surface area contributed by atoms with Crippen molar-refractivity contribution in [1.82, 2.24) is 4.98 Å². The van der Waals surface area contributed by atoms with Crippen molar-refractivity contribution in [2.45, 2.75) is 19.9 Å². The van der Waals surface area contributed by atoms with Crippen LogP contribution in [-0.4, -0.2) is 18.0 Å². The zero-order valence-corrected chi connectivity index (χ0v) is 18.3. The second kappa shape index (κ2) is 8.86. The van der Waals surface area contributed by atoms with Crippen molar-refractivity contribution in [1.29, 1.82) is 0 Å². The minimum absolute atomic E-state index is 0.0152. The number of fused-ring (bicyclic) bond motifs is 1. The molecular formula is C24H21ClN2O2S. The van der Waals surface area contributed by atoms with Crippen LogP contribution in [0.15, 0.2) is 66.7 Å². The molecule has 0 atom stereocenters. The van der Waals surface area contributed by atoms with E-state index < -0.39 is 0 Å². The highest BCUT2D eigenvalue weighted by Gasteiger charge is 2.21. The van der Waals surface area contributed by atoms with Gasteiger partial charge in [-0.15, -0.1) is 0 Å². The van der Waals surface area contributed by atoms with Gasteiger partial charge >= 0.3 is 0 Å². The zero-order chi connectivity index (χ0) is 21.1.